The molecule has 0 radical (unpaired) electrons. The van der Waals surface area contributed by atoms with E-state index in [0.717, 1.165) is 13.1 Å². The van der Waals surface area contributed by atoms with Crippen molar-refractivity contribution in [2.75, 3.05) is 26.2 Å². The summed E-state index contributed by atoms with van der Waals surface area (Å²) < 4.78 is 0. The molecule has 1 aliphatic rings. The van der Waals surface area contributed by atoms with Crippen LogP contribution < -0.4 is 5.32 Å². The van der Waals surface area contributed by atoms with Crippen LogP contribution in [0.2, 0.25) is 0 Å². The van der Waals surface area contributed by atoms with Crippen molar-refractivity contribution in [2.45, 2.75) is 64.8 Å². The lowest BCUT2D eigenvalue weighted by Gasteiger charge is -2.41. The number of hydrogen-bond donors (Lipinski definition) is 1. The fourth-order valence-electron chi connectivity index (χ4n) is 2.92. The number of aromatic nitrogens is 1. The lowest BCUT2D eigenvalue weighted by Crippen LogP contribution is -2.51. The van der Waals surface area contributed by atoms with E-state index in [1.165, 1.54) is 43.1 Å². The number of hydrogen-bond acceptors (Lipinski definition) is 4. The maximum Gasteiger partial charge on any atom is 0.113 e. The summed E-state index contributed by atoms with van der Waals surface area (Å²) >= 11 is 1.85. The fourth-order valence-corrected chi connectivity index (χ4v) is 4.20. The van der Waals surface area contributed by atoms with Crippen LogP contribution in [0.4, 0.5) is 0 Å². The maximum absolute atomic E-state index is 5.02. The van der Waals surface area contributed by atoms with Gasteiger partial charge in [-0.1, -0.05) is 34.6 Å². The van der Waals surface area contributed by atoms with Crippen molar-refractivity contribution in [2.24, 2.45) is 0 Å². The van der Waals surface area contributed by atoms with Gasteiger partial charge in [-0.05, 0) is 32.4 Å². The average molecular weight is 310 g/mol. The van der Waals surface area contributed by atoms with E-state index in [0.29, 0.717) is 0 Å². The van der Waals surface area contributed by atoms with Gasteiger partial charge >= 0.3 is 0 Å². The van der Waals surface area contributed by atoms with Crippen LogP contribution in [0.1, 0.15) is 64.6 Å². The van der Waals surface area contributed by atoms with Gasteiger partial charge in [0.2, 0.25) is 0 Å². The van der Waals surface area contributed by atoms with E-state index in [1.54, 1.807) is 0 Å². The monoisotopic (exact) mass is 309 g/mol. The summed E-state index contributed by atoms with van der Waals surface area (Å²) in [7, 11) is 0. The second-order valence-electron chi connectivity index (χ2n) is 7.23. The Morgan fingerprint density at radius 3 is 2.43 bits per heavy atom. The van der Waals surface area contributed by atoms with E-state index in [2.05, 4.69) is 50.2 Å². The van der Waals surface area contributed by atoms with Crippen molar-refractivity contribution in [3.8, 4) is 0 Å². The standard InChI is InChI=1S/C17H31N3S/c1-6-10-18-17(8-11-20(7-2)12-9-17)15-19-14(13-21-15)16(3,4)5/h13,18H,6-12H2,1-5H3. The van der Waals surface area contributed by atoms with Crippen LogP contribution in [0, 0.1) is 0 Å². The van der Waals surface area contributed by atoms with Crippen LogP contribution in [0.3, 0.4) is 0 Å². The summed E-state index contributed by atoms with van der Waals surface area (Å²) in [5.74, 6) is 0. The van der Waals surface area contributed by atoms with Crippen molar-refractivity contribution in [1.82, 2.24) is 15.2 Å². The van der Waals surface area contributed by atoms with Crippen LogP contribution in [0.25, 0.3) is 0 Å². The zero-order valence-corrected chi connectivity index (χ0v) is 15.1. The molecule has 4 heteroatoms. The summed E-state index contributed by atoms with van der Waals surface area (Å²) in [5, 5.41) is 7.39. The molecule has 2 rings (SSSR count). The highest BCUT2D eigenvalue weighted by Crippen LogP contribution is 2.36. The molecule has 1 fully saturated rings. The Balaban J connectivity index is 2.22. The van der Waals surface area contributed by atoms with Gasteiger partial charge in [0.1, 0.15) is 5.01 Å². The van der Waals surface area contributed by atoms with Gasteiger partial charge in [-0.25, -0.2) is 4.98 Å². The van der Waals surface area contributed by atoms with E-state index < -0.39 is 0 Å². The summed E-state index contributed by atoms with van der Waals surface area (Å²) in [6, 6.07) is 0. The van der Waals surface area contributed by atoms with E-state index in [4.69, 9.17) is 4.98 Å². The largest absolute Gasteiger partial charge is 0.305 e. The number of nitrogens with one attached hydrogen (secondary N) is 1. The van der Waals surface area contributed by atoms with Gasteiger partial charge in [0.05, 0.1) is 11.2 Å². The summed E-state index contributed by atoms with van der Waals surface area (Å²) in [4.78, 5) is 7.56. The number of piperidine rings is 1. The molecule has 0 spiro atoms. The highest BCUT2D eigenvalue weighted by Gasteiger charge is 2.38. The van der Waals surface area contributed by atoms with E-state index in [-0.39, 0.29) is 11.0 Å². The third-order valence-electron chi connectivity index (χ3n) is 4.55. The van der Waals surface area contributed by atoms with E-state index in [1.807, 2.05) is 11.3 Å². The molecule has 0 aliphatic carbocycles. The van der Waals surface area contributed by atoms with Crippen molar-refractivity contribution in [3.05, 3.63) is 16.1 Å². The Morgan fingerprint density at radius 1 is 1.29 bits per heavy atom. The highest BCUT2D eigenvalue weighted by atomic mass is 32.1. The molecule has 1 N–H and O–H groups in total. The topological polar surface area (TPSA) is 28.2 Å². The third kappa shape index (κ3) is 3.85. The van der Waals surface area contributed by atoms with Crippen molar-refractivity contribution in [1.29, 1.82) is 0 Å². The zero-order valence-electron chi connectivity index (χ0n) is 14.3. The van der Waals surface area contributed by atoms with E-state index in [9.17, 15) is 0 Å². The second kappa shape index (κ2) is 6.76. The van der Waals surface area contributed by atoms with Gasteiger partial charge < -0.3 is 10.2 Å². The number of nitrogens with zero attached hydrogens (tertiary/aromatic N) is 2. The molecular formula is C17H31N3S. The van der Waals surface area contributed by atoms with Crippen LogP contribution in [0.15, 0.2) is 5.38 Å². The molecule has 1 aromatic rings. The van der Waals surface area contributed by atoms with Crippen LogP contribution in [0.5, 0.6) is 0 Å². The first-order chi connectivity index (χ1) is 9.91. The quantitative estimate of drug-likeness (QED) is 0.898. The Labute approximate surface area is 134 Å². The average Bonchev–Trinajstić information content (AvgIpc) is 2.96. The summed E-state index contributed by atoms with van der Waals surface area (Å²) in [6.07, 6.45) is 3.53. The molecule has 120 valence electrons. The minimum absolute atomic E-state index is 0.107. The molecule has 2 heterocycles. The van der Waals surface area contributed by atoms with Crippen molar-refractivity contribution < 1.29 is 0 Å². The lowest BCUT2D eigenvalue weighted by atomic mass is 9.87. The molecule has 21 heavy (non-hydrogen) atoms. The summed E-state index contributed by atoms with van der Waals surface area (Å²) in [6.45, 7) is 15.8. The number of likely N-dealkylation sites (tertiary alicyclic amines) is 1. The molecule has 1 aromatic heterocycles. The number of rotatable bonds is 5. The molecular weight excluding hydrogens is 278 g/mol. The zero-order chi connectivity index (χ0) is 15.5. The maximum atomic E-state index is 5.02. The van der Waals surface area contributed by atoms with Crippen LogP contribution in [-0.4, -0.2) is 36.1 Å². The Morgan fingerprint density at radius 2 is 1.95 bits per heavy atom. The molecule has 0 saturated carbocycles. The molecule has 3 nitrogen and oxygen atoms in total. The molecule has 0 atom stereocenters. The third-order valence-corrected chi connectivity index (χ3v) is 5.60. The number of thiazole rings is 1. The molecule has 0 unspecified atom stereocenters. The fraction of sp³-hybridized carbons (Fsp3) is 0.824. The minimum Gasteiger partial charge on any atom is -0.305 e. The van der Waals surface area contributed by atoms with Gasteiger partial charge in [-0.2, -0.15) is 0 Å². The van der Waals surface area contributed by atoms with Gasteiger partial charge in [0, 0.05) is 23.9 Å². The van der Waals surface area contributed by atoms with Gasteiger partial charge in [0.15, 0.2) is 0 Å². The smallest absolute Gasteiger partial charge is 0.113 e. The molecule has 0 amide bonds. The predicted octanol–water partition coefficient (Wildman–Crippen LogP) is 3.75. The first kappa shape index (κ1) is 16.9. The van der Waals surface area contributed by atoms with Crippen molar-refractivity contribution in [3.63, 3.8) is 0 Å². The SMILES string of the molecule is CCCNC1(c2nc(C(C)(C)C)cs2)CCN(CC)CC1. The first-order valence-corrected chi connectivity index (χ1v) is 9.23. The lowest BCUT2D eigenvalue weighted by molar-refractivity contribution is 0.138. The minimum atomic E-state index is 0.107. The van der Waals surface area contributed by atoms with Crippen molar-refractivity contribution >= 4 is 11.3 Å². The second-order valence-corrected chi connectivity index (χ2v) is 8.09. The van der Waals surface area contributed by atoms with E-state index >= 15 is 0 Å². The summed E-state index contributed by atoms with van der Waals surface area (Å²) in [5.41, 5.74) is 1.49. The molecule has 0 aromatic carbocycles. The molecule has 0 bridgehead atoms. The Bertz CT molecular complexity index is 439. The molecule has 1 saturated heterocycles. The normalized spacial score (nSPS) is 19.9. The molecule has 1 aliphatic heterocycles. The van der Waals surface area contributed by atoms with Gasteiger partial charge in [-0.15, -0.1) is 11.3 Å². The van der Waals surface area contributed by atoms with Gasteiger partial charge in [-0.3, -0.25) is 0 Å². The predicted molar refractivity (Wildman–Crippen MR) is 92.1 cm³/mol. The first-order valence-electron chi connectivity index (χ1n) is 8.35. The van der Waals surface area contributed by atoms with Crippen LogP contribution in [-0.2, 0) is 11.0 Å². The highest BCUT2D eigenvalue weighted by molar-refractivity contribution is 7.09. The van der Waals surface area contributed by atoms with Gasteiger partial charge in [0.25, 0.3) is 0 Å². The van der Waals surface area contributed by atoms with Crippen LogP contribution >= 0.6 is 11.3 Å². The Kier molecular flexibility index (Phi) is 5.44. The Hall–Kier alpha value is -0.450.